The molecule has 3 aromatic rings. The van der Waals surface area contributed by atoms with E-state index in [4.69, 9.17) is 0 Å². The number of fused-ring (bicyclic) bond motifs is 1. The fourth-order valence-corrected chi connectivity index (χ4v) is 3.41. The van der Waals surface area contributed by atoms with Crippen LogP contribution in [0.15, 0.2) is 54.9 Å². The molecule has 0 aliphatic carbocycles. The highest BCUT2D eigenvalue weighted by Gasteiger charge is 2.13. The first-order valence-corrected chi connectivity index (χ1v) is 7.72. The molecule has 0 saturated heterocycles. The van der Waals surface area contributed by atoms with Gasteiger partial charge in [-0.2, -0.15) is 0 Å². The minimum absolute atomic E-state index is 0.605. The molecule has 0 N–H and O–H groups in total. The van der Waals surface area contributed by atoms with E-state index in [0.29, 0.717) is 5.92 Å². The lowest BCUT2D eigenvalue weighted by Gasteiger charge is -2.24. The predicted molar refractivity (Wildman–Crippen MR) is 87.9 cm³/mol. The van der Waals surface area contributed by atoms with Crippen molar-refractivity contribution in [3.8, 4) is 0 Å². The van der Waals surface area contributed by atoms with Crippen molar-refractivity contribution in [1.82, 2.24) is 4.98 Å². The molecule has 3 rings (SSSR count). The molecule has 0 atom stereocenters. The summed E-state index contributed by atoms with van der Waals surface area (Å²) in [6, 6.07) is 15.0. The predicted octanol–water partition coefficient (Wildman–Crippen LogP) is 5.09. The van der Waals surface area contributed by atoms with Crippen LogP contribution in [0.2, 0.25) is 0 Å². The van der Waals surface area contributed by atoms with Crippen molar-refractivity contribution in [3.63, 3.8) is 0 Å². The number of aromatic nitrogens is 1. The fourth-order valence-electron chi connectivity index (χ4n) is 2.31. The van der Waals surface area contributed by atoms with Gasteiger partial charge in [0.2, 0.25) is 0 Å². The van der Waals surface area contributed by atoms with Crippen molar-refractivity contribution in [3.05, 3.63) is 54.9 Å². The zero-order valence-electron chi connectivity index (χ0n) is 11.8. The molecule has 0 saturated carbocycles. The maximum Gasteiger partial charge on any atom is 0.0965 e. The van der Waals surface area contributed by atoms with Crippen LogP contribution in [0, 0.1) is 5.92 Å². The number of thiophene rings is 1. The Kier molecular flexibility index (Phi) is 3.70. The average molecular weight is 282 g/mol. The van der Waals surface area contributed by atoms with Crippen LogP contribution in [-0.2, 0) is 0 Å². The number of benzene rings is 1. The van der Waals surface area contributed by atoms with Gasteiger partial charge in [-0.05, 0) is 35.6 Å². The average Bonchev–Trinajstić information content (AvgIpc) is 2.89. The Morgan fingerprint density at radius 1 is 1.10 bits per heavy atom. The number of anilines is 2. The summed E-state index contributed by atoms with van der Waals surface area (Å²) < 4.78 is 1.34. The Labute approximate surface area is 123 Å². The van der Waals surface area contributed by atoms with Crippen LogP contribution in [0.4, 0.5) is 10.7 Å². The molecular formula is C17H18N2S. The number of hydrogen-bond acceptors (Lipinski definition) is 3. The lowest BCUT2D eigenvalue weighted by molar-refractivity contribution is 0.653. The van der Waals surface area contributed by atoms with Gasteiger partial charge in [0.15, 0.2) is 0 Å². The molecule has 2 heterocycles. The van der Waals surface area contributed by atoms with Gasteiger partial charge in [-0.3, -0.25) is 4.98 Å². The number of pyridine rings is 1. The van der Waals surface area contributed by atoms with Gasteiger partial charge >= 0.3 is 0 Å². The Hall–Kier alpha value is -1.87. The largest absolute Gasteiger partial charge is 0.333 e. The number of hydrogen-bond donors (Lipinski definition) is 0. The van der Waals surface area contributed by atoms with Crippen molar-refractivity contribution in [2.45, 2.75) is 13.8 Å². The zero-order valence-corrected chi connectivity index (χ0v) is 12.6. The molecule has 0 aliphatic heterocycles. The van der Waals surface area contributed by atoms with Crippen molar-refractivity contribution >= 4 is 32.1 Å². The molecule has 102 valence electrons. The van der Waals surface area contributed by atoms with Crippen LogP contribution in [0.3, 0.4) is 0 Å². The van der Waals surface area contributed by atoms with Crippen molar-refractivity contribution in [2.24, 2.45) is 5.92 Å². The summed E-state index contributed by atoms with van der Waals surface area (Å²) in [5, 5.41) is 2.61. The first-order valence-electron chi connectivity index (χ1n) is 6.90. The minimum atomic E-state index is 0.605. The maximum absolute atomic E-state index is 4.12. The third-order valence-electron chi connectivity index (χ3n) is 3.20. The highest BCUT2D eigenvalue weighted by molar-refractivity contribution is 7.22. The Morgan fingerprint density at radius 2 is 1.85 bits per heavy atom. The van der Waals surface area contributed by atoms with Crippen LogP contribution in [0.25, 0.3) is 10.1 Å². The molecule has 2 aromatic heterocycles. The van der Waals surface area contributed by atoms with Gasteiger partial charge in [0.05, 0.1) is 5.00 Å². The first kappa shape index (κ1) is 13.1. The van der Waals surface area contributed by atoms with E-state index in [2.05, 4.69) is 66.2 Å². The zero-order chi connectivity index (χ0) is 13.9. The molecule has 20 heavy (non-hydrogen) atoms. The molecule has 0 bridgehead atoms. The van der Waals surface area contributed by atoms with E-state index in [1.807, 2.05) is 23.7 Å². The molecule has 3 heteroatoms. The Morgan fingerprint density at radius 3 is 2.55 bits per heavy atom. The van der Waals surface area contributed by atoms with Gasteiger partial charge in [-0.1, -0.05) is 32.0 Å². The third kappa shape index (κ3) is 2.68. The van der Waals surface area contributed by atoms with Crippen LogP contribution < -0.4 is 4.90 Å². The van der Waals surface area contributed by atoms with Crippen LogP contribution in [-0.4, -0.2) is 11.5 Å². The molecule has 1 aromatic carbocycles. The van der Waals surface area contributed by atoms with Gasteiger partial charge in [0, 0.05) is 29.3 Å². The summed E-state index contributed by atoms with van der Waals surface area (Å²) in [6.07, 6.45) is 3.71. The monoisotopic (exact) mass is 282 g/mol. The standard InChI is InChI=1S/C17H18N2S/c1-13(2)12-19(15-7-9-18-10-8-15)17-11-14-5-3-4-6-16(14)20-17/h3-11,13H,12H2,1-2H3. The molecule has 0 fully saturated rings. The van der Waals surface area contributed by atoms with E-state index in [1.165, 1.54) is 20.8 Å². The Balaban J connectivity index is 2.04. The topological polar surface area (TPSA) is 16.1 Å². The molecule has 0 spiro atoms. The fraction of sp³-hybridized carbons (Fsp3) is 0.235. The lowest BCUT2D eigenvalue weighted by atomic mass is 10.2. The summed E-state index contributed by atoms with van der Waals surface area (Å²) in [6.45, 7) is 5.51. The first-order chi connectivity index (χ1) is 9.74. The van der Waals surface area contributed by atoms with E-state index >= 15 is 0 Å². The summed E-state index contributed by atoms with van der Waals surface area (Å²) >= 11 is 1.85. The van der Waals surface area contributed by atoms with E-state index in [9.17, 15) is 0 Å². The maximum atomic E-state index is 4.12. The summed E-state index contributed by atoms with van der Waals surface area (Å²) in [4.78, 5) is 6.51. The molecular weight excluding hydrogens is 264 g/mol. The van der Waals surface area contributed by atoms with Crippen LogP contribution in [0.5, 0.6) is 0 Å². The molecule has 0 radical (unpaired) electrons. The SMILES string of the molecule is CC(C)CN(c1ccncc1)c1cc2ccccc2s1. The Bertz CT molecular complexity index is 655. The second-order valence-electron chi connectivity index (χ2n) is 5.33. The summed E-state index contributed by atoms with van der Waals surface area (Å²) in [7, 11) is 0. The molecule has 0 amide bonds. The van der Waals surface area contributed by atoms with Crippen LogP contribution >= 0.6 is 11.3 Å². The van der Waals surface area contributed by atoms with Crippen molar-refractivity contribution < 1.29 is 0 Å². The quantitative estimate of drug-likeness (QED) is 0.662. The van der Waals surface area contributed by atoms with E-state index in [1.54, 1.807) is 0 Å². The van der Waals surface area contributed by atoms with E-state index in [0.717, 1.165) is 6.54 Å². The normalized spacial score (nSPS) is 11.2. The van der Waals surface area contributed by atoms with Crippen LogP contribution in [0.1, 0.15) is 13.8 Å². The van der Waals surface area contributed by atoms with Crippen molar-refractivity contribution in [2.75, 3.05) is 11.4 Å². The highest BCUT2D eigenvalue weighted by Crippen LogP contribution is 2.36. The van der Waals surface area contributed by atoms with Gasteiger partial charge in [0.25, 0.3) is 0 Å². The second kappa shape index (κ2) is 5.63. The van der Waals surface area contributed by atoms with Gasteiger partial charge in [-0.15, -0.1) is 11.3 Å². The highest BCUT2D eigenvalue weighted by atomic mass is 32.1. The lowest BCUT2D eigenvalue weighted by Crippen LogP contribution is -2.21. The third-order valence-corrected chi connectivity index (χ3v) is 4.34. The van der Waals surface area contributed by atoms with E-state index in [-0.39, 0.29) is 0 Å². The second-order valence-corrected chi connectivity index (χ2v) is 6.39. The number of nitrogens with zero attached hydrogens (tertiary/aromatic N) is 2. The van der Waals surface area contributed by atoms with Crippen molar-refractivity contribution in [1.29, 1.82) is 0 Å². The molecule has 0 unspecified atom stereocenters. The summed E-state index contributed by atoms with van der Waals surface area (Å²) in [5.41, 5.74) is 1.21. The van der Waals surface area contributed by atoms with Gasteiger partial charge in [0.1, 0.15) is 0 Å². The van der Waals surface area contributed by atoms with Gasteiger partial charge < -0.3 is 4.90 Å². The summed E-state index contributed by atoms with van der Waals surface area (Å²) in [5.74, 6) is 0.605. The van der Waals surface area contributed by atoms with E-state index < -0.39 is 0 Å². The number of rotatable bonds is 4. The smallest absolute Gasteiger partial charge is 0.0965 e. The molecule has 2 nitrogen and oxygen atoms in total. The van der Waals surface area contributed by atoms with Gasteiger partial charge in [-0.25, -0.2) is 0 Å². The molecule has 0 aliphatic rings. The minimum Gasteiger partial charge on any atom is -0.333 e.